The quantitative estimate of drug-likeness (QED) is 0.270. The van der Waals surface area contributed by atoms with Crippen molar-refractivity contribution in [2.24, 2.45) is 0 Å². The van der Waals surface area contributed by atoms with Crippen LogP contribution in [0.25, 0.3) is 17.4 Å². The van der Waals surface area contributed by atoms with Crippen LogP contribution >= 0.6 is 27.7 Å². The van der Waals surface area contributed by atoms with Crippen molar-refractivity contribution in [3.8, 4) is 11.3 Å². The van der Waals surface area contributed by atoms with Crippen molar-refractivity contribution in [3.05, 3.63) is 55.6 Å². The molecule has 1 aromatic heterocycles. The van der Waals surface area contributed by atoms with Gasteiger partial charge in [0.15, 0.2) is 0 Å². The van der Waals surface area contributed by atoms with Gasteiger partial charge in [-0.3, -0.25) is 24.6 Å². The molecule has 0 bridgehead atoms. The Morgan fingerprint density at radius 1 is 1.34 bits per heavy atom. The molecule has 0 N–H and O–H groups in total. The number of nitro benzene ring substituents is 1. The highest BCUT2D eigenvalue weighted by molar-refractivity contribution is 9.10. The Morgan fingerprint density at radius 3 is 2.69 bits per heavy atom. The number of rotatable bonds is 5. The second-order valence-electron chi connectivity index (χ2n) is 5.87. The Hall–Kier alpha value is -2.92. The Morgan fingerprint density at radius 2 is 2.07 bits per heavy atom. The van der Waals surface area contributed by atoms with Gasteiger partial charge in [0.25, 0.3) is 16.8 Å². The molecular formula is C18H13BrN2O7S. The summed E-state index contributed by atoms with van der Waals surface area (Å²) < 4.78 is 10.8. The Balaban J connectivity index is 1.85. The molecule has 0 aliphatic carbocycles. The number of non-ortho nitro benzene ring substituents is 1. The maximum atomic E-state index is 12.5. The average molecular weight is 481 g/mol. The largest absolute Gasteiger partial charge is 0.467 e. The fourth-order valence-corrected chi connectivity index (χ4v) is 4.06. The first-order valence-electron chi connectivity index (χ1n) is 8.12. The lowest BCUT2D eigenvalue weighted by Crippen LogP contribution is -2.42. The molecule has 1 aliphatic heterocycles. The number of furan rings is 1. The van der Waals surface area contributed by atoms with Crippen LogP contribution in [0.4, 0.5) is 10.5 Å². The van der Waals surface area contributed by atoms with E-state index in [1.165, 1.54) is 38.3 Å². The van der Waals surface area contributed by atoms with Crippen LogP contribution in [0.5, 0.6) is 0 Å². The van der Waals surface area contributed by atoms with Gasteiger partial charge < -0.3 is 9.15 Å². The van der Waals surface area contributed by atoms with Crippen LogP contribution < -0.4 is 0 Å². The summed E-state index contributed by atoms with van der Waals surface area (Å²) in [5.74, 6) is -0.592. The first-order valence-corrected chi connectivity index (χ1v) is 9.73. The van der Waals surface area contributed by atoms with Crippen molar-refractivity contribution in [2.75, 3.05) is 7.11 Å². The molecule has 2 amide bonds. The lowest BCUT2D eigenvalue weighted by Gasteiger charge is -2.18. The first kappa shape index (κ1) is 20.8. The summed E-state index contributed by atoms with van der Waals surface area (Å²) in [5, 5.41) is 10.3. The van der Waals surface area contributed by atoms with Crippen molar-refractivity contribution >= 4 is 56.6 Å². The summed E-state index contributed by atoms with van der Waals surface area (Å²) in [7, 11) is 1.18. The zero-order valence-electron chi connectivity index (χ0n) is 15.1. The normalized spacial score (nSPS) is 16.4. The van der Waals surface area contributed by atoms with Crippen LogP contribution in [0.2, 0.25) is 0 Å². The summed E-state index contributed by atoms with van der Waals surface area (Å²) in [5.41, 5.74) is 0.517. The minimum atomic E-state index is -1.04. The number of hydrogen-bond donors (Lipinski definition) is 0. The van der Waals surface area contributed by atoms with Crippen LogP contribution in [0.3, 0.4) is 0 Å². The first-order chi connectivity index (χ1) is 13.7. The summed E-state index contributed by atoms with van der Waals surface area (Å²) >= 11 is 3.97. The molecule has 2 aromatic rings. The number of carbonyl (C=O) groups excluding carboxylic acids is 3. The minimum absolute atomic E-state index is 0.0687. The number of imide groups is 1. The standard InChI is InChI=1S/C18H13BrN2O7S/c1-9(17(23)27-2)20-16(22)15(29-18(20)24)8-11-4-6-14(28-11)12-5-3-10(21(25)26)7-13(12)19/h3-9H,1-2H3/b15-8-/t9-/m1/s1. The van der Waals surface area contributed by atoms with E-state index in [1.54, 1.807) is 12.1 Å². The van der Waals surface area contributed by atoms with Crippen molar-refractivity contribution in [2.45, 2.75) is 13.0 Å². The second-order valence-corrected chi connectivity index (χ2v) is 7.72. The van der Waals surface area contributed by atoms with E-state index in [0.717, 1.165) is 4.90 Å². The smallest absolute Gasteiger partial charge is 0.328 e. The number of esters is 1. The van der Waals surface area contributed by atoms with Crippen molar-refractivity contribution in [1.82, 2.24) is 4.90 Å². The Kier molecular flexibility index (Phi) is 5.89. The number of ether oxygens (including phenoxy) is 1. The SMILES string of the molecule is COC(=O)[C@@H](C)N1C(=O)S/C(=C\c2ccc(-c3ccc([N+](=O)[O-])cc3Br)o2)C1=O. The number of halogens is 1. The summed E-state index contributed by atoms with van der Waals surface area (Å²) in [6.45, 7) is 1.41. The van der Waals surface area contributed by atoms with E-state index in [-0.39, 0.29) is 10.6 Å². The maximum Gasteiger partial charge on any atom is 0.328 e. The van der Waals surface area contributed by atoms with Crippen molar-refractivity contribution < 1.29 is 28.5 Å². The molecule has 0 saturated carbocycles. The molecular weight excluding hydrogens is 468 g/mol. The molecule has 29 heavy (non-hydrogen) atoms. The molecule has 0 spiro atoms. The molecule has 11 heteroatoms. The van der Waals surface area contributed by atoms with Gasteiger partial charge in [-0.05, 0) is 52.8 Å². The minimum Gasteiger partial charge on any atom is -0.467 e. The predicted octanol–water partition coefficient (Wildman–Crippen LogP) is 4.22. The van der Waals surface area contributed by atoms with E-state index in [2.05, 4.69) is 20.7 Å². The Bertz CT molecular complexity index is 1060. The lowest BCUT2D eigenvalue weighted by molar-refractivity contribution is -0.384. The van der Waals surface area contributed by atoms with Crippen LogP contribution in [0.15, 0.2) is 44.1 Å². The highest BCUT2D eigenvalue weighted by Crippen LogP contribution is 2.36. The molecule has 1 aliphatic rings. The predicted molar refractivity (Wildman–Crippen MR) is 108 cm³/mol. The fourth-order valence-electron chi connectivity index (χ4n) is 2.61. The Labute approximate surface area is 177 Å². The molecule has 3 rings (SSSR count). The fraction of sp³-hybridized carbons (Fsp3) is 0.167. The average Bonchev–Trinajstić information content (AvgIpc) is 3.25. The summed E-state index contributed by atoms with van der Waals surface area (Å²) in [6, 6.07) is 6.44. The van der Waals surface area contributed by atoms with E-state index in [9.17, 15) is 24.5 Å². The van der Waals surface area contributed by atoms with Gasteiger partial charge >= 0.3 is 5.97 Å². The van der Waals surface area contributed by atoms with Gasteiger partial charge in [-0.25, -0.2) is 4.79 Å². The molecule has 1 atom stereocenters. The van der Waals surface area contributed by atoms with Crippen LogP contribution in [0.1, 0.15) is 12.7 Å². The zero-order chi connectivity index (χ0) is 21.3. The number of amides is 2. The number of methoxy groups -OCH3 is 1. The van der Waals surface area contributed by atoms with Gasteiger partial charge in [0, 0.05) is 28.2 Å². The zero-order valence-corrected chi connectivity index (χ0v) is 17.5. The van der Waals surface area contributed by atoms with E-state index in [4.69, 9.17) is 4.42 Å². The summed E-state index contributed by atoms with van der Waals surface area (Å²) in [6.07, 6.45) is 1.40. The summed E-state index contributed by atoms with van der Waals surface area (Å²) in [4.78, 5) is 47.6. The van der Waals surface area contributed by atoms with Crippen molar-refractivity contribution in [3.63, 3.8) is 0 Å². The van der Waals surface area contributed by atoms with Crippen LogP contribution in [-0.4, -0.2) is 40.1 Å². The molecule has 2 heterocycles. The molecule has 1 aromatic carbocycles. The third kappa shape index (κ3) is 4.10. The van der Waals surface area contributed by atoms with E-state index >= 15 is 0 Å². The second kappa shape index (κ2) is 8.21. The molecule has 9 nitrogen and oxygen atoms in total. The van der Waals surface area contributed by atoms with Crippen molar-refractivity contribution in [1.29, 1.82) is 0 Å². The van der Waals surface area contributed by atoms with Crippen LogP contribution in [-0.2, 0) is 14.3 Å². The number of thioether (sulfide) groups is 1. The highest BCUT2D eigenvalue weighted by atomic mass is 79.9. The number of carbonyl (C=O) groups is 3. The molecule has 1 fully saturated rings. The van der Waals surface area contributed by atoms with Gasteiger partial charge in [-0.1, -0.05) is 0 Å². The number of nitro groups is 1. The van der Waals surface area contributed by atoms with Gasteiger partial charge in [0.1, 0.15) is 17.6 Å². The third-order valence-electron chi connectivity index (χ3n) is 4.08. The van der Waals surface area contributed by atoms with Crippen LogP contribution in [0, 0.1) is 10.1 Å². The van der Waals surface area contributed by atoms with E-state index < -0.39 is 28.1 Å². The molecule has 0 unspecified atom stereocenters. The molecule has 150 valence electrons. The highest BCUT2D eigenvalue weighted by Gasteiger charge is 2.41. The topological polar surface area (TPSA) is 120 Å². The van der Waals surface area contributed by atoms with Gasteiger partial charge in [0.05, 0.1) is 16.9 Å². The number of hydrogen-bond acceptors (Lipinski definition) is 8. The van der Waals surface area contributed by atoms with Gasteiger partial charge in [-0.15, -0.1) is 0 Å². The third-order valence-corrected chi connectivity index (χ3v) is 5.62. The monoisotopic (exact) mass is 480 g/mol. The van der Waals surface area contributed by atoms with Gasteiger partial charge in [0.2, 0.25) is 0 Å². The molecule has 0 radical (unpaired) electrons. The van der Waals surface area contributed by atoms with E-state index in [1.807, 2.05) is 0 Å². The maximum absolute atomic E-state index is 12.5. The van der Waals surface area contributed by atoms with Gasteiger partial charge in [-0.2, -0.15) is 0 Å². The lowest BCUT2D eigenvalue weighted by atomic mass is 10.1. The van der Waals surface area contributed by atoms with E-state index in [0.29, 0.717) is 33.3 Å². The number of nitrogens with zero attached hydrogens (tertiary/aromatic N) is 2. The number of benzene rings is 1. The molecule has 1 saturated heterocycles.